The van der Waals surface area contributed by atoms with Crippen molar-refractivity contribution in [2.24, 2.45) is 0 Å². The summed E-state index contributed by atoms with van der Waals surface area (Å²) in [4.78, 5) is 4.08. The van der Waals surface area contributed by atoms with E-state index in [0.29, 0.717) is 16.7 Å². The highest BCUT2D eigenvalue weighted by Gasteiger charge is 2.08. The van der Waals surface area contributed by atoms with Gasteiger partial charge in [-0.2, -0.15) is 0 Å². The predicted octanol–water partition coefficient (Wildman–Crippen LogP) is 3.29. The second-order valence-corrected chi connectivity index (χ2v) is 4.55. The van der Waals surface area contributed by atoms with Gasteiger partial charge in [0, 0.05) is 5.56 Å². The van der Waals surface area contributed by atoms with Crippen LogP contribution >= 0.6 is 11.6 Å². The SMILES string of the molecule is Cc1nnc(-c2ccc(OC(C)C)cc2)c(Cl)n1. The molecule has 94 valence electrons. The van der Waals surface area contributed by atoms with Gasteiger partial charge in [0.25, 0.3) is 0 Å². The van der Waals surface area contributed by atoms with Crippen molar-refractivity contribution >= 4 is 11.6 Å². The Labute approximate surface area is 111 Å². The smallest absolute Gasteiger partial charge is 0.159 e. The molecule has 1 aromatic carbocycles. The molecule has 2 aromatic rings. The quantitative estimate of drug-likeness (QED) is 0.853. The summed E-state index contributed by atoms with van der Waals surface area (Å²) in [5.41, 5.74) is 1.45. The zero-order valence-corrected chi connectivity index (χ0v) is 11.3. The monoisotopic (exact) mass is 263 g/mol. The first kappa shape index (κ1) is 12.8. The molecule has 18 heavy (non-hydrogen) atoms. The second kappa shape index (κ2) is 5.31. The van der Waals surface area contributed by atoms with Crippen molar-refractivity contribution in [3.63, 3.8) is 0 Å². The molecule has 5 heteroatoms. The highest BCUT2D eigenvalue weighted by atomic mass is 35.5. The molecule has 0 fully saturated rings. The predicted molar refractivity (Wildman–Crippen MR) is 70.8 cm³/mol. The molecule has 2 rings (SSSR count). The molecule has 1 aromatic heterocycles. The van der Waals surface area contributed by atoms with Crippen LogP contribution in [0.1, 0.15) is 19.7 Å². The molecular weight excluding hydrogens is 250 g/mol. The van der Waals surface area contributed by atoms with Crippen LogP contribution in [0.15, 0.2) is 24.3 Å². The summed E-state index contributed by atoms with van der Waals surface area (Å²) >= 11 is 6.04. The molecule has 0 unspecified atom stereocenters. The summed E-state index contributed by atoms with van der Waals surface area (Å²) in [6.45, 7) is 5.72. The zero-order chi connectivity index (χ0) is 13.1. The van der Waals surface area contributed by atoms with Gasteiger partial charge in [-0.1, -0.05) is 11.6 Å². The van der Waals surface area contributed by atoms with E-state index in [1.807, 2.05) is 38.1 Å². The third kappa shape index (κ3) is 2.96. The number of benzene rings is 1. The van der Waals surface area contributed by atoms with Crippen molar-refractivity contribution in [3.8, 4) is 17.0 Å². The maximum absolute atomic E-state index is 6.04. The molecule has 0 amide bonds. The third-order valence-corrected chi connectivity index (χ3v) is 2.51. The number of halogens is 1. The van der Waals surface area contributed by atoms with Gasteiger partial charge in [0.2, 0.25) is 0 Å². The first-order valence-corrected chi connectivity index (χ1v) is 6.08. The van der Waals surface area contributed by atoms with Crippen LogP contribution in [0.3, 0.4) is 0 Å². The standard InChI is InChI=1S/C13H14ClN3O/c1-8(2)18-11-6-4-10(5-7-11)12-13(14)15-9(3)16-17-12/h4-8H,1-3H3. The van der Waals surface area contributed by atoms with Crippen LogP contribution in [0.5, 0.6) is 5.75 Å². The van der Waals surface area contributed by atoms with Crippen LogP contribution in [0.4, 0.5) is 0 Å². The molecule has 0 atom stereocenters. The molecular formula is C13H14ClN3O. The molecule has 0 bridgehead atoms. The van der Waals surface area contributed by atoms with Crippen LogP contribution in [-0.4, -0.2) is 21.3 Å². The van der Waals surface area contributed by atoms with E-state index in [1.165, 1.54) is 0 Å². The van der Waals surface area contributed by atoms with E-state index in [2.05, 4.69) is 15.2 Å². The molecule has 0 spiro atoms. The van der Waals surface area contributed by atoms with Crippen LogP contribution in [0, 0.1) is 6.92 Å². The van der Waals surface area contributed by atoms with Gasteiger partial charge in [0.1, 0.15) is 17.3 Å². The Morgan fingerprint density at radius 3 is 2.33 bits per heavy atom. The molecule has 0 saturated carbocycles. The molecule has 0 N–H and O–H groups in total. The fraction of sp³-hybridized carbons (Fsp3) is 0.308. The van der Waals surface area contributed by atoms with E-state index in [0.717, 1.165) is 11.3 Å². The molecule has 1 heterocycles. The second-order valence-electron chi connectivity index (χ2n) is 4.19. The van der Waals surface area contributed by atoms with Gasteiger partial charge in [-0.15, -0.1) is 10.2 Å². The molecule has 0 aliphatic heterocycles. The van der Waals surface area contributed by atoms with Gasteiger partial charge in [0.15, 0.2) is 5.15 Å². The van der Waals surface area contributed by atoms with Crippen LogP contribution in [0.2, 0.25) is 5.15 Å². The minimum absolute atomic E-state index is 0.153. The highest BCUT2D eigenvalue weighted by molar-refractivity contribution is 6.31. The van der Waals surface area contributed by atoms with Gasteiger partial charge < -0.3 is 4.74 Å². The van der Waals surface area contributed by atoms with Crippen LogP contribution in [0.25, 0.3) is 11.3 Å². The average Bonchev–Trinajstić information content (AvgIpc) is 2.30. The molecule has 0 radical (unpaired) electrons. The van der Waals surface area contributed by atoms with Gasteiger partial charge in [0.05, 0.1) is 6.10 Å². The fourth-order valence-corrected chi connectivity index (χ4v) is 1.79. The van der Waals surface area contributed by atoms with Crippen molar-refractivity contribution in [1.82, 2.24) is 15.2 Å². The van der Waals surface area contributed by atoms with Gasteiger partial charge in [-0.25, -0.2) is 4.98 Å². The Kier molecular flexibility index (Phi) is 3.77. The first-order valence-electron chi connectivity index (χ1n) is 5.70. The lowest BCUT2D eigenvalue weighted by atomic mass is 10.1. The van der Waals surface area contributed by atoms with Crippen molar-refractivity contribution in [2.45, 2.75) is 26.9 Å². The lowest BCUT2D eigenvalue weighted by Gasteiger charge is -2.10. The highest BCUT2D eigenvalue weighted by Crippen LogP contribution is 2.25. The van der Waals surface area contributed by atoms with E-state index in [4.69, 9.17) is 16.3 Å². The fourth-order valence-electron chi connectivity index (χ4n) is 1.52. The lowest BCUT2D eigenvalue weighted by molar-refractivity contribution is 0.242. The van der Waals surface area contributed by atoms with E-state index in [-0.39, 0.29) is 6.10 Å². The summed E-state index contributed by atoms with van der Waals surface area (Å²) in [7, 11) is 0. The van der Waals surface area contributed by atoms with Gasteiger partial charge in [-0.05, 0) is 45.0 Å². The van der Waals surface area contributed by atoms with Crippen molar-refractivity contribution < 1.29 is 4.74 Å². The number of aryl methyl sites for hydroxylation is 1. The van der Waals surface area contributed by atoms with Crippen LogP contribution < -0.4 is 4.74 Å². The van der Waals surface area contributed by atoms with E-state index in [9.17, 15) is 0 Å². The Morgan fingerprint density at radius 1 is 1.11 bits per heavy atom. The van der Waals surface area contributed by atoms with E-state index < -0.39 is 0 Å². The minimum atomic E-state index is 0.153. The first-order chi connectivity index (χ1) is 8.56. The Bertz CT molecular complexity index is 540. The zero-order valence-electron chi connectivity index (χ0n) is 10.5. The summed E-state index contributed by atoms with van der Waals surface area (Å²) < 4.78 is 5.57. The van der Waals surface area contributed by atoms with Crippen molar-refractivity contribution in [2.75, 3.05) is 0 Å². The van der Waals surface area contributed by atoms with Gasteiger partial charge in [-0.3, -0.25) is 0 Å². The Balaban J connectivity index is 2.28. The molecule has 0 aliphatic carbocycles. The lowest BCUT2D eigenvalue weighted by Crippen LogP contribution is -2.05. The van der Waals surface area contributed by atoms with Crippen molar-refractivity contribution in [3.05, 3.63) is 35.2 Å². The van der Waals surface area contributed by atoms with Gasteiger partial charge >= 0.3 is 0 Å². The molecule has 0 saturated heterocycles. The number of ether oxygens (including phenoxy) is 1. The maximum Gasteiger partial charge on any atom is 0.159 e. The largest absolute Gasteiger partial charge is 0.491 e. The Morgan fingerprint density at radius 2 is 1.78 bits per heavy atom. The number of aromatic nitrogens is 3. The van der Waals surface area contributed by atoms with E-state index in [1.54, 1.807) is 6.92 Å². The third-order valence-electron chi connectivity index (χ3n) is 2.25. The minimum Gasteiger partial charge on any atom is -0.491 e. The summed E-state index contributed by atoms with van der Waals surface area (Å²) in [6.07, 6.45) is 0.153. The molecule has 4 nitrogen and oxygen atoms in total. The summed E-state index contributed by atoms with van der Waals surface area (Å²) in [5, 5.41) is 8.32. The number of hydrogen-bond donors (Lipinski definition) is 0. The maximum atomic E-state index is 6.04. The number of rotatable bonds is 3. The topological polar surface area (TPSA) is 47.9 Å². The summed E-state index contributed by atoms with van der Waals surface area (Å²) in [5.74, 6) is 1.38. The summed E-state index contributed by atoms with van der Waals surface area (Å²) in [6, 6.07) is 7.55. The number of hydrogen-bond acceptors (Lipinski definition) is 4. The van der Waals surface area contributed by atoms with Crippen molar-refractivity contribution in [1.29, 1.82) is 0 Å². The normalized spacial score (nSPS) is 10.7. The Hall–Kier alpha value is -1.68. The van der Waals surface area contributed by atoms with E-state index >= 15 is 0 Å². The number of nitrogens with zero attached hydrogens (tertiary/aromatic N) is 3. The molecule has 0 aliphatic rings. The van der Waals surface area contributed by atoms with Crippen LogP contribution in [-0.2, 0) is 0 Å². The average molecular weight is 264 g/mol.